The second-order valence-electron chi connectivity index (χ2n) is 9.54. The maximum absolute atomic E-state index is 15.6. The highest BCUT2D eigenvalue weighted by Crippen LogP contribution is 2.38. The lowest BCUT2D eigenvalue weighted by Crippen LogP contribution is -2.55. The molecule has 37 heavy (non-hydrogen) atoms. The van der Waals surface area contributed by atoms with Crippen molar-refractivity contribution >= 4 is 46.1 Å². The predicted molar refractivity (Wildman–Crippen MR) is 149 cm³/mol. The topological polar surface area (TPSA) is 99.4 Å². The number of nitrogens with two attached hydrogens (primary N) is 1. The highest BCUT2D eigenvalue weighted by molar-refractivity contribution is 6.32. The van der Waals surface area contributed by atoms with Gasteiger partial charge in [-0.3, -0.25) is 9.69 Å². The maximum atomic E-state index is 15.6. The third-order valence-electron chi connectivity index (χ3n) is 6.83. The van der Waals surface area contributed by atoms with E-state index in [2.05, 4.69) is 51.3 Å². The molecule has 8 nitrogen and oxygen atoms in total. The van der Waals surface area contributed by atoms with Gasteiger partial charge in [-0.25, -0.2) is 14.4 Å². The van der Waals surface area contributed by atoms with E-state index in [1.165, 1.54) is 6.33 Å². The fourth-order valence-electron chi connectivity index (χ4n) is 4.53. The van der Waals surface area contributed by atoms with E-state index in [9.17, 15) is 4.79 Å². The van der Waals surface area contributed by atoms with Gasteiger partial charge in [-0.1, -0.05) is 30.7 Å². The molecule has 2 heterocycles. The van der Waals surface area contributed by atoms with Gasteiger partial charge in [-0.2, -0.15) is 0 Å². The normalized spacial score (nSPS) is 18.1. The lowest BCUT2D eigenvalue weighted by molar-refractivity contribution is -0.116. The van der Waals surface area contributed by atoms with Crippen LogP contribution in [0, 0.1) is 5.82 Å². The van der Waals surface area contributed by atoms with Crippen LogP contribution in [0.5, 0.6) is 0 Å². The quantitative estimate of drug-likeness (QED) is 0.349. The van der Waals surface area contributed by atoms with Crippen LogP contribution in [0.4, 0.5) is 33.0 Å². The number of nitrogens with one attached hydrogen (secondary N) is 2. The summed E-state index contributed by atoms with van der Waals surface area (Å²) >= 11 is 6.12. The molecule has 10 heteroatoms. The summed E-state index contributed by atoms with van der Waals surface area (Å²) in [6.07, 6.45) is 2.55. The molecule has 0 spiro atoms. The van der Waals surface area contributed by atoms with Crippen LogP contribution in [0.1, 0.15) is 33.6 Å². The highest BCUT2D eigenvalue weighted by atomic mass is 35.5. The summed E-state index contributed by atoms with van der Waals surface area (Å²) in [7, 11) is 2.10. The Hall–Kier alpha value is -3.43. The first kappa shape index (κ1) is 26.6. The molecule has 1 aliphatic heterocycles. The van der Waals surface area contributed by atoms with Crippen LogP contribution in [-0.2, 0) is 4.79 Å². The molecule has 0 bridgehead atoms. The minimum absolute atomic E-state index is 0.0472. The van der Waals surface area contributed by atoms with Gasteiger partial charge in [0.15, 0.2) is 11.0 Å². The zero-order valence-electron chi connectivity index (χ0n) is 21.6. The average molecular weight is 526 g/mol. The Labute approximate surface area is 222 Å². The van der Waals surface area contributed by atoms with Gasteiger partial charge in [0.1, 0.15) is 17.8 Å². The van der Waals surface area contributed by atoms with Gasteiger partial charge in [0.25, 0.3) is 0 Å². The van der Waals surface area contributed by atoms with E-state index in [1.54, 1.807) is 36.4 Å². The van der Waals surface area contributed by atoms with Crippen LogP contribution < -0.4 is 21.3 Å². The summed E-state index contributed by atoms with van der Waals surface area (Å²) in [5.41, 5.74) is 9.47. The monoisotopic (exact) mass is 525 g/mol. The van der Waals surface area contributed by atoms with Crippen molar-refractivity contribution in [2.45, 2.75) is 45.7 Å². The molecule has 2 atom stereocenters. The van der Waals surface area contributed by atoms with Gasteiger partial charge >= 0.3 is 0 Å². The molecular weight excluding hydrogens is 493 g/mol. The number of likely N-dealkylation sites (N-methyl/N-ethyl adjacent to an activating group) is 1. The SMILES string of the molecule is CCCC(=O)Nc1ccc(-c2cc(Nc3ncnc(Cl)c3N)c(N3C[C@@H](C)N(C)[C@@H](C)C3)cc2F)cc1. The first-order valence-corrected chi connectivity index (χ1v) is 12.8. The summed E-state index contributed by atoms with van der Waals surface area (Å²) in [6, 6.07) is 11.0. The number of benzene rings is 2. The van der Waals surface area contributed by atoms with Crippen molar-refractivity contribution in [1.82, 2.24) is 14.9 Å². The fourth-order valence-corrected chi connectivity index (χ4v) is 4.66. The number of nitrogens with zero attached hydrogens (tertiary/aromatic N) is 4. The van der Waals surface area contributed by atoms with Crippen LogP contribution in [0.25, 0.3) is 11.1 Å². The molecule has 1 saturated heterocycles. The third-order valence-corrected chi connectivity index (χ3v) is 7.13. The second-order valence-corrected chi connectivity index (χ2v) is 9.90. The average Bonchev–Trinajstić information content (AvgIpc) is 2.86. The number of carbonyl (C=O) groups excluding carboxylic acids is 1. The molecule has 4 N–H and O–H groups in total. The third kappa shape index (κ3) is 5.94. The minimum atomic E-state index is -0.351. The first-order chi connectivity index (χ1) is 17.7. The molecule has 2 aromatic carbocycles. The van der Waals surface area contributed by atoms with Crippen molar-refractivity contribution < 1.29 is 9.18 Å². The Kier molecular flexibility index (Phi) is 8.14. The molecule has 1 fully saturated rings. The number of halogens is 2. The van der Waals surface area contributed by atoms with Crippen molar-refractivity contribution in [2.24, 2.45) is 0 Å². The van der Waals surface area contributed by atoms with Crippen molar-refractivity contribution in [1.29, 1.82) is 0 Å². The molecule has 0 aliphatic carbocycles. The Balaban J connectivity index is 1.73. The van der Waals surface area contributed by atoms with E-state index < -0.39 is 0 Å². The van der Waals surface area contributed by atoms with E-state index in [-0.39, 0.29) is 34.6 Å². The fraction of sp³-hybridized carbons (Fsp3) is 0.370. The van der Waals surface area contributed by atoms with E-state index in [1.807, 2.05) is 6.92 Å². The second kappa shape index (κ2) is 11.3. The van der Waals surface area contributed by atoms with Crippen molar-refractivity contribution in [2.75, 3.05) is 41.4 Å². The van der Waals surface area contributed by atoms with Gasteiger partial charge in [-0.05, 0) is 57.1 Å². The van der Waals surface area contributed by atoms with Gasteiger partial charge in [-0.15, -0.1) is 0 Å². The number of amides is 1. The van der Waals surface area contributed by atoms with Crippen molar-refractivity contribution in [3.63, 3.8) is 0 Å². The zero-order chi connectivity index (χ0) is 26.7. The van der Waals surface area contributed by atoms with Crippen LogP contribution in [-0.4, -0.2) is 53.0 Å². The Morgan fingerprint density at radius 2 is 1.84 bits per heavy atom. The van der Waals surface area contributed by atoms with E-state index in [4.69, 9.17) is 17.3 Å². The van der Waals surface area contributed by atoms with Crippen LogP contribution in [0.3, 0.4) is 0 Å². The van der Waals surface area contributed by atoms with Crippen LogP contribution >= 0.6 is 11.6 Å². The molecule has 1 aromatic heterocycles. The number of anilines is 5. The summed E-state index contributed by atoms with van der Waals surface area (Å²) in [6.45, 7) is 7.74. The number of hydrogen-bond donors (Lipinski definition) is 3. The number of nitrogen functional groups attached to an aromatic ring is 1. The van der Waals surface area contributed by atoms with E-state index >= 15 is 4.39 Å². The summed E-state index contributed by atoms with van der Waals surface area (Å²) < 4.78 is 15.6. The number of hydrogen-bond acceptors (Lipinski definition) is 7. The lowest BCUT2D eigenvalue weighted by Gasteiger charge is -2.44. The zero-order valence-corrected chi connectivity index (χ0v) is 22.3. The van der Waals surface area contributed by atoms with Gasteiger partial charge in [0, 0.05) is 42.8 Å². The van der Waals surface area contributed by atoms with Gasteiger partial charge in [0.2, 0.25) is 5.91 Å². The number of piperazine rings is 1. The molecular formula is C27H33ClFN7O. The summed E-state index contributed by atoms with van der Waals surface area (Å²) in [4.78, 5) is 24.6. The molecule has 0 radical (unpaired) electrons. The Morgan fingerprint density at radius 1 is 1.16 bits per heavy atom. The van der Waals surface area contributed by atoms with Crippen molar-refractivity contribution in [3.05, 3.63) is 53.7 Å². The molecule has 0 unspecified atom stereocenters. The highest BCUT2D eigenvalue weighted by Gasteiger charge is 2.29. The first-order valence-electron chi connectivity index (χ1n) is 12.4. The summed E-state index contributed by atoms with van der Waals surface area (Å²) in [5.74, 6) is -0.0479. The Morgan fingerprint density at radius 3 is 2.49 bits per heavy atom. The molecule has 0 saturated carbocycles. The molecule has 1 aliphatic rings. The Bertz CT molecular complexity index is 1260. The molecule has 1 amide bonds. The molecule has 4 rings (SSSR count). The minimum Gasteiger partial charge on any atom is -0.393 e. The van der Waals surface area contributed by atoms with E-state index in [0.29, 0.717) is 40.4 Å². The maximum Gasteiger partial charge on any atom is 0.224 e. The van der Waals surface area contributed by atoms with E-state index in [0.717, 1.165) is 19.5 Å². The van der Waals surface area contributed by atoms with Crippen LogP contribution in [0.15, 0.2) is 42.7 Å². The van der Waals surface area contributed by atoms with Crippen molar-refractivity contribution in [3.8, 4) is 11.1 Å². The van der Waals surface area contributed by atoms with Gasteiger partial charge in [0.05, 0.1) is 11.4 Å². The smallest absolute Gasteiger partial charge is 0.224 e. The number of aromatic nitrogens is 2. The number of carbonyl (C=O) groups is 1. The summed E-state index contributed by atoms with van der Waals surface area (Å²) in [5, 5.41) is 6.27. The lowest BCUT2D eigenvalue weighted by atomic mass is 10.0. The van der Waals surface area contributed by atoms with Crippen LogP contribution in [0.2, 0.25) is 5.15 Å². The van der Waals surface area contributed by atoms with Gasteiger partial charge < -0.3 is 21.3 Å². The predicted octanol–water partition coefficient (Wildman–Crippen LogP) is 5.53. The number of rotatable bonds is 7. The standard InChI is InChI=1S/C27H33ClFN7O/c1-5-6-24(37)33-19-9-7-18(8-10-19)20-11-22(34-27-25(30)26(28)31-15-32-27)23(12-21(20)29)36-13-16(2)35(4)17(3)14-36/h7-12,15-17H,5-6,13-14,30H2,1-4H3,(H,33,37)(H,31,32,34)/t16-,17+. The molecule has 196 valence electrons. The largest absolute Gasteiger partial charge is 0.393 e. The molecule has 3 aromatic rings.